The molecule has 0 bridgehead atoms. The Morgan fingerprint density at radius 2 is 1.37 bits per heavy atom. The van der Waals surface area contributed by atoms with Crippen LogP contribution in [0.25, 0.3) is 0 Å². The van der Waals surface area contributed by atoms with E-state index in [2.05, 4.69) is 25.7 Å². The molecule has 1 heterocycles. The number of hydrogen-bond acceptors (Lipinski definition) is 1. The van der Waals surface area contributed by atoms with Gasteiger partial charge in [-0.15, -0.1) is 0 Å². The minimum absolute atomic E-state index is 0.755. The number of likely N-dealkylation sites (tertiary alicyclic amines) is 1. The maximum atomic E-state index is 2.66. The van der Waals surface area contributed by atoms with Crippen molar-refractivity contribution >= 4 is 0 Å². The highest BCUT2D eigenvalue weighted by Gasteiger charge is 2.26. The summed E-state index contributed by atoms with van der Waals surface area (Å²) in [5, 5.41) is 0. The molecule has 1 saturated carbocycles. The lowest BCUT2D eigenvalue weighted by atomic mass is 9.75. The Balaban J connectivity index is 1.64. The SMILES string of the molecule is CCCC1CCC(CC2CCN(C(C)C)CC2)CC1. The summed E-state index contributed by atoms with van der Waals surface area (Å²) in [4.78, 5) is 2.66. The van der Waals surface area contributed by atoms with E-state index in [1.165, 1.54) is 64.5 Å². The van der Waals surface area contributed by atoms with Crippen molar-refractivity contribution in [2.24, 2.45) is 17.8 Å². The van der Waals surface area contributed by atoms with E-state index in [0.29, 0.717) is 0 Å². The van der Waals surface area contributed by atoms with Gasteiger partial charge in [0.15, 0.2) is 0 Å². The summed E-state index contributed by atoms with van der Waals surface area (Å²) >= 11 is 0. The van der Waals surface area contributed by atoms with E-state index in [-0.39, 0.29) is 0 Å². The van der Waals surface area contributed by atoms with Crippen molar-refractivity contribution in [3.8, 4) is 0 Å². The zero-order valence-electron chi connectivity index (χ0n) is 13.5. The van der Waals surface area contributed by atoms with Gasteiger partial charge < -0.3 is 4.90 Å². The largest absolute Gasteiger partial charge is 0.301 e. The molecule has 2 fully saturated rings. The number of piperidine rings is 1. The van der Waals surface area contributed by atoms with Gasteiger partial charge in [-0.2, -0.15) is 0 Å². The van der Waals surface area contributed by atoms with Gasteiger partial charge in [-0.1, -0.05) is 45.4 Å². The Morgan fingerprint density at radius 1 is 0.842 bits per heavy atom. The van der Waals surface area contributed by atoms with Crippen LogP contribution in [0.1, 0.15) is 78.6 Å². The molecule has 0 aromatic carbocycles. The summed E-state index contributed by atoms with van der Waals surface area (Å²) in [7, 11) is 0. The maximum Gasteiger partial charge on any atom is 0.00385 e. The second kappa shape index (κ2) is 7.67. The van der Waals surface area contributed by atoms with Gasteiger partial charge in [0.1, 0.15) is 0 Å². The summed E-state index contributed by atoms with van der Waals surface area (Å²) in [6.45, 7) is 9.74. The molecule has 1 heteroatoms. The minimum Gasteiger partial charge on any atom is -0.301 e. The third-order valence-electron chi connectivity index (χ3n) is 5.71. The fraction of sp³-hybridized carbons (Fsp3) is 1.00. The lowest BCUT2D eigenvalue weighted by Gasteiger charge is -2.37. The number of rotatable bonds is 5. The van der Waals surface area contributed by atoms with Crippen LogP contribution in [0.4, 0.5) is 0 Å². The quantitative estimate of drug-likeness (QED) is 0.668. The second-order valence-electron chi connectivity index (χ2n) is 7.48. The molecule has 0 atom stereocenters. The predicted octanol–water partition coefficient (Wildman–Crippen LogP) is 5.10. The van der Waals surface area contributed by atoms with Crippen molar-refractivity contribution < 1.29 is 0 Å². The molecule has 19 heavy (non-hydrogen) atoms. The van der Waals surface area contributed by atoms with Crippen LogP contribution in [0.5, 0.6) is 0 Å². The smallest absolute Gasteiger partial charge is 0.00385 e. The third kappa shape index (κ3) is 4.77. The highest BCUT2D eigenvalue weighted by molar-refractivity contribution is 4.79. The first-order chi connectivity index (χ1) is 9.19. The molecule has 0 aromatic rings. The van der Waals surface area contributed by atoms with Crippen LogP contribution < -0.4 is 0 Å². The van der Waals surface area contributed by atoms with E-state index in [4.69, 9.17) is 0 Å². The van der Waals surface area contributed by atoms with Crippen molar-refractivity contribution in [3.05, 3.63) is 0 Å². The molecule has 0 radical (unpaired) electrons. The van der Waals surface area contributed by atoms with Crippen molar-refractivity contribution in [3.63, 3.8) is 0 Å². The van der Waals surface area contributed by atoms with Crippen LogP contribution in [-0.4, -0.2) is 24.0 Å². The molecular formula is C18H35N. The summed E-state index contributed by atoms with van der Waals surface area (Å²) in [5.74, 6) is 3.19. The van der Waals surface area contributed by atoms with Crippen LogP contribution in [0, 0.1) is 17.8 Å². The van der Waals surface area contributed by atoms with Gasteiger partial charge in [-0.25, -0.2) is 0 Å². The molecule has 1 aliphatic heterocycles. The van der Waals surface area contributed by atoms with Gasteiger partial charge >= 0.3 is 0 Å². The predicted molar refractivity (Wildman–Crippen MR) is 84.4 cm³/mol. The molecule has 1 saturated heterocycles. The van der Waals surface area contributed by atoms with Crippen molar-refractivity contribution in [1.29, 1.82) is 0 Å². The Morgan fingerprint density at radius 3 is 1.89 bits per heavy atom. The molecule has 2 rings (SSSR count). The lowest BCUT2D eigenvalue weighted by Crippen LogP contribution is -2.38. The third-order valence-corrected chi connectivity index (χ3v) is 5.71. The van der Waals surface area contributed by atoms with E-state index in [0.717, 1.165) is 23.8 Å². The van der Waals surface area contributed by atoms with E-state index in [9.17, 15) is 0 Å². The van der Waals surface area contributed by atoms with Gasteiger partial charge in [0, 0.05) is 6.04 Å². The van der Waals surface area contributed by atoms with Crippen LogP contribution >= 0.6 is 0 Å². The first kappa shape index (κ1) is 15.4. The maximum absolute atomic E-state index is 2.66. The topological polar surface area (TPSA) is 3.24 Å². The number of hydrogen-bond donors (Lipinski definition) is 0. The molecule has 112 valence electrons. The molecule has 0 spiro atoms. The Hall–Kier alpha value is -0.0400. The lowest BCUT2D eigenvalue weighted by molar-refractivity contribution is 0.126. The fourth-order valence-electron chi connectivity index (χ4n) is 4.34. The van der Waals surface area contributed by atoms with Crippen LogP contribution in [0.2, 0.25) is 0 Å². The average molecular weight is 265 g/mol. The Kier molecular flexibility index (Phi) is 6.19. The van der Waals surface area contributed by atoms with Crippen molar-refractivity contribution in [2.75, 3.05) is 13.1 Å². The van der Waals surface area contributed by atoms with Crippen molar-refractivity contribution in [1.82, 2.24) is 4.90 Å². The number of nitrogens with zero attached hydrogens (tertiary/aromatic N) is 1. The summed E-state index contributed by atoms with van der Waals surface area (Å²) in [6.07, 6.45) is 13.5. The highest BCUT2D eigenvalue weighted by Crippen LogP contribution is 2.36. The fourth-order valence-corrected chi connectivity index (χ4v) is 4.34. The molecule has 0 N–H and O–H groups in total. The Bertz CT molecular complexity index is 232. The molecule has 1 aliphatic carbocycles. The summed E-state index contributed by atoms with van der Waals surface area (Å²) in [6, 6.07) is 0.755. The van der Waals surface area contributed by atoms with E-state index in [1.807, 2.05) is 0 Å². The normalized spacial score (nSPS) is 30.9. The zero-order valence-corrected chi connectivity index (χ0v) is 13.5. The second-order valence-corrected chi connectivity index (χ2v) is 7.48. The van der Waals surface area contributed by atoms with E-state index < -0.39 is 0 Å². The molecule has 2 aliphatic rings. The standard InChI is InChI=1S/C18H35N/c1-4-5-16-6-8-17(9-7-16)14-18-10-12-19(13-11-18)15(2)3/h15-18H,4-14H2,1-3H3. The molecule has 1 nitrogen and oxygen atoms in total. The summed E-state index contributed by atoms with van der Waals surface area (Å²) < 4.78 is 0. The van der Waals surface area contributed by atoms with E-state index >= 15 is 0 Å². The van der Waals surface area contributed by atoms with Gasteiger partial charge in [-0.05, 0) is 64.0 Å². The van der Waals surface area contributed by atoms with Gasteiger partial charge in [0.05, 0.1) is 0 Å². The highest BCUT2D eigenvalue weighted by atomic mass is 15.1. The minimum atomic E-state index is 0.755. The molecular weight excluding hydrogens is 230 g/mol. The first-order valence-corrected chi connectivity index (χ1v) is 8.93. The van der Waals surface area contributed by atoms with Gasteiger partial charge in [-0.3, -0.25) is 0 Å². The van der Waals surface area contributed by atoms with Gasteiger partial charge in [0.2, 0.25) is 0 Å². The average Bonchev–Trinajstić information content (AvgIpc) is 2.42. The zero-order chi connectivity index (χ0) is 13.7. The molecule has 0 amide bonds. The van der Waals surface area contributed by atoms with Crippen molar-refractivity contribution in [2.45, 2.75) is 84.6 Å². The Labute approximate surface area is 121 Å². The van der Waals surface area contributed by atoms with Crippen LogP contribution in [0.3, 0.4) is 0 Å². The monoisotopic (exact) mass is 265 g/mol. The van der Waals surface area contributed by atoms with E-state index in [1.54, 1.807) is 6.42 Å². The van der Waals surface area contributed by atoms with Crippen LogP contribution in [0.15, 0.2) is 0 Å². The van der Waals surface area contributed by atoms with Crippen LogP contribution in [-0.2, 0) is 0 Å². The first-order valence-electron chi connectivity index (χ1n) is 8.93. The summed E-state index contributed by atoms with van der Waals surface area (Å²) in [5.41, 5.74) is 0. The molecule has 0 unspecified atom stereocenters. The van der Waals surface area contributed by atoms with Gasteiger partial charge in [0.25, 0.3) is 0 Å². The molecule has 0 aromatic heterocycles.